The predicted octanol–water partition coefficient (Wildman–Crippen LogP) is 4.89. The number of aromatic nitrogens is 2. The van der Waals surface area contributed by atoms with Crippen molar-refractivity contribution in [1.29, 1.82) is 0 Å². The Balaban J connectivity index is 1.70. The molecule has 0 bridgehead atoms. The van der Waals surface area contributed by atoms with Crippen molar-refractivity contribution in [2.24, 2.45) is 0 Å². The van der Waals surface area contributed by atoms with Crippen LogP contribution >= 0.6 is 23.8 Å². The molecule has 0 saturated heterocycles. The average molecular weight is 467 g/mol. The molecule has 0 spiro atoms. The highest BCUT2D eigenvalue weighted by Gasteiger charge is 2.43. The average Bonchev–Trinajstić information content (AvgIpc) is 3.14. The highest BCUT2D eigenvalue weighted by atomic mass is 35.5. The molecule has 2 atom stereocenters. The van der Waals surface area contributed by atoms with E-state index in [1.807, 2.05) is 19.1 Å². The van der Waals surface area contributed by atoms with Crippen LogP contribution in [0.4, 0.5) is 0 Å². The summed E-state index contributed by atoms with van der Waals surface area (Å²) in [7, 11) is 0. The Labute approximate surface area is 196 Å². The molecule has 164 valence electrons. The number of pyridine rings is 2. The van der Waals surface area contributed by atoms with Crippen LogP contribution in [0.2, 0.25) is 5.02 Å². The zero-order valence-corrected chi connectivity index (χ0v) is 19.8. The number of halogens is 1. The van der Waals surface area contributed by atoms with Crippen LogP contribution < -0.4 is 5.56 Å². The molecule has 7 heteroatoms. The van der Waals surface area contributed by atoms with Gasteiger partial charge in [0, 0.05) is 21.5 Å². The summed E-state index contributed by atoms with van der Waals surface area (Å²) in [5.74, 6) is 0.366. The van der Waals surface area contributed by atoms with Crippen LogP contribution in [0.25, 0.3) is 22.3 Å². The van der Waals surface area contributed by atoms with E-state index in [-0.39, 0.29) is 17.2 Å². The summed E-state index contributed by atoms with van der Waals surface area (Å²) < 4.78 is 7.32. The first kappa shape index (κ1) is 20.3. The van der Waals surface area contributed by atoms with Crippen molar-refractivity contribution >= 4 is 39.8 Å². The van der Waals surface area contributed by atoms with Gasteiger partial charge in [0.2, 0.25) is 0 Å². The zero-order chi connectivity index (χ0) is 22.5. The topological polar surface area (TPSA) is 64.3 Å². The van der Waals surface area contributed by atoms with Gasteiger partial charge in [0.15, 0.2) is 10.7 Å². The lowest BCUT2D eigenvalue weighted by Gasteiger charge is -2.34. The molecule has 3 aliphatic rings. The van der Waals surface area contributed by atoms with Gasteiger partial charge in [-0.15, -0.1) is 0 Å². The highest BCUT2D eigenvalue weighted by Crippen LogP contribution is 2.46. The molecular weight excluding hydrogens is 444 g/mol. The molecule has 1 N–H and O–H groups in total. The van der Waals surface area contributed by atoms with Gasteiger partial charge in [0.1, 0.15) is 6.61 Å². The largest absolute Gasteiger partial charge is 0.479 e. The summed E-state index contributed by atoms with van der Waals surface area (Å²) in [6.45, 7) is 6.73. The third-order valence-electron chi connectivity index (χ3n) is 7.67. The van der Waals surface area contributed by atoms with Gasteiger partial charge >= 0.3 is 0 Å². The van der Waals surface area contributed by atoms with Crippen molar-refractivity contribution in [3.05, 3.63) is 60.9 Å². The Hall–Kier alpha value is -2.28. The van der Waals surface area contributed by atoms with Gasteiger partial charge in [0.05, 0.1) is 29.0 Å². The van der Waals surface area contributed by atoms with Crippen LogP contribution in [0.5, 0.6) is 0 Å². The molecule has 2 aliphatic heterocycles. The van der Waals surface area contributed by atoms with Gasteiger partial charge in [0.25, 0.3) is 5.56 Å². The first-order valence-electron chi connectivity index (χ1n) is 11.1. The van der Waals surface area contributed by atoms with Crippen LogP contribution in [0.3, 0.4) is 0 Å². The molecule has 1 aliphatic carbocycles. The smallest absolute Gasteiger partial charge is 0.258 e. The lowest BCUT2D eigenvalue weighted by molar-refractivity contribution is 0.0604. The van der Waals surface area contributed by atoms with Crippen molar-refractivity contribution in [2.45, 2.75) is 64.7 Å². The van der Waals surface area contributed by atoms with E-state index in [2.05, 4.69) is 13.8 Å². The van der Waals surface area contributed by atoms with Gasteiger partial charge in [-0.25, -0.2) is 4.98 Å². The summed E-state index contributed by atoms with van der Waals surface area (Å²) in [5, 5.41) is 13.3. The van der Waals surface area contributed by atoms with Crippen molar-refractivity contribution in [2.75, 3.05) is 0 Å². The summed E-state index contributed by atoms with van der Waals surface area (Å²) in [5.41, 5.74) is 6.63. The molecule has 0 radical (unpaired) electrons. The molecule has 0 saturated carbocycles. The molecule has 0 unspecified atom stereocenters. The lowest BCUT2D eigenvalue weighted by atomic mass is 9.79. The van der Waals surface area contributed by atoms with E-state index >= 15 is 0 Å². The second kappa shape index (κ2) is 6.62. The van der Waals surface area contributed by atoms with E-state index in [1.54, 1.807) is 4.57 Å². The Morgan fingerprint density at radius 2 is 2.12 bits per heavy atom. The number of rotatable bonds is 1. The van der Waals surface area contributed by atoms with Crippen LogP contribution in [-0.4, -0.2) is 19.7 Å². The van der Waals surface area contributed by atoms with Crippen LogP contribution in [0.1, 0.15) is 66.0 Å². The molecule has 2 aromatic heterocycles. The third-order valence-corrected chi connectivity index (χ3v) is 8.51. The maximum absolute atomic E-state index is 13.5. The number of thiocarbonyl (C=S) groups is 1. The van der Waals surface area contributed by atoms with Crippen LogP contribution in [0.15, 0.2) is 16.9 Å². The summed E-state index contributed by atoms with van der Waals surface area (Å²) in [6.07, 6.45) is 2.36. The van der Waals surface area contributed by atoms with E-state index in [9.17, 15) is 9.90 Å². The molecule has 0 amide bonds. The number of aliphatic hydroxyl groups is 1. The van der Waals surface area contributed by atoms with Crippen LogP contribution in [0, 0.1) is 6.92 Å². The maximum Gasteiger partial charge on any atom is 0.258 e. The SMILES string of the molecule is CC[C@@]1(O)C(=S)OCc2c1cc1n(c2=O)Cc2c-1nc1cc(Cl)c(C)c3c1c2[C@H](C)CC3. The minimum Gasteiger partial charge on any atom is -0.479 e. The molecule has 5 nitrogen and oxygen atoms in total. The highest BCUT2D eigenvalue weighted by molar-refractivity contribution is 7.80. The molecule has 1 aromatic carbocycles. The molecule has 3 aromatic rings. The Morgan fingerprint density at radius 3 is 2.88 bits per heavy atom. The van der Waals surface area contributed by atoms with Crippen LogP contribution in [-0.2, 0) is 29.9 Å². The quantitative estimate of drug-likeness (QED) is 0.404. The monoisotopic (exact) mass is 466 g/mol. The third kappa shape index (κ3) is 2.40. The van der Waals surface area contributed by atoms with E-state index in [1.165, 1.54) is 16.5 Å². The molecular formula is C25H23ClN2O3S. The van der Waals surface area contributed by atoms with Crippen molar-refractivity contribution in [3.63, 3.8) is 0 Å². The van der Waals surface area contributed by atoms with E-state index in [0.717, 1.165) is 45.9 Å². The summed E-state index contributed by atoms with van der Waals surface area (Å²) in [4.78, 5) is 18.6. The Morgan fingerprint density at radius 1 is 1.34 bits per heavy atom. The number of fused-ring (bicyclic) bond motifs is 5. The van der Waals surface area contributed by atoms with Crippen molar-refractivity contribution in [1.82, 2.24) is 9.55 Å². The standard InChI is InChI=1S/C25H23ClN2O3S/c1-4-25(30)16-7-19-22-14(9-28(19)23(29)15(16)10-31-24(25)32)20-11(2)5-6-13-12(3)17(26)8-18(27-22)21(13)20/h7-8,11,30H,4-6,9-10H2,1-3H3/t11-,25+/m1/s1. The number of hydrogen-bond acceptors (Lipinski definition) is 5. The minimum atomic E-state index is -1.45. The maximum atomic E-state index is 13.5. The van der Waals surface area contributed by atoms with Gasteiger partial charge in [-0.1, -0.05) is 25.4 Å². The predicted molar refractivity (Wildman–Crippen MR) is 129 cm³/mol. The molecule has 0 fully saturated rings. The van der Waals surface area contributed by atoms with E-state index in [0.29, 0.717) is 30.0 Å². The Bertz CT molecular complexity index is 1440. The number of nitrogens with zero attached hydrogens (tertiary/aromatic N) is 2. The molecule has 4 heterocycles. The van der Waals surface area contributed by atoms with Crippen molar-refractivity contribution < 1.29 is 9.84 Å². The summed E-state index contributed by atoms with van der Waals surface area (Å²) in [6, 6.07) is 3.85. The number of ether oxygens (including phenoxy) is 1. The molecule has 32 heavy (non-hydrogen) atoms. The first-order valence-corrected chi connectivity index (χ1v) is 11.9. The van der Waals surface area contributed by atoms with Crippen molar-refractivity contribution in [3.8, 4) is 11.4 Å². The molecule has 6 rings (SSSR count). The lowest BCUT2D eigenvalue weighted by Crippen LogP contribution is -2.43. The fourth-order valence-electron chi connectivity index (χ4n) is 5.79. The van der Waals surface area contributed by atoms with E-state index in [4.69, 9.17) is 33.5 Å². The van der Waals surface area contributed by atoms with Gasteiger partial charge < -0.3 is 14.4 Å². The first-order chi connectivity index (χ1) is 15.3. The zero-order valence-electron chi connectivity index (χ0n) is 18.2. The number of hydrogen-bond donors (Lipinski definition) is 1. The van der Waals surface area contributed by atoms with Gasteiger partial charge in [-0.2, -0.15) is 0 Å². The minimum absolute atomic E-state index is 0.0869. The normalized spacial score (nSPS) is 23.0. The summed E-state index contributed by atoms with van der Waals surface area (Å²) >= 11 is 11.9. The number of benzene rings is 1. The van der Waals surface area contributed by atoms with E-state index < -0.39 is 5.60 Å². The van der Waals surface area contributed by atoms with Gasteiger partial charge in [-0.05, 0) is 73.1 Å². The number of aryl methyl sites for hydroxylation is 1. The fraction of sp³-hybridized carbons (Fsp3) is 0.400. The van der Waals surface area contributed by atoms with Gasteiger partial charge in [-0.3, -0.25) is 4.79 Å². The second-order valence-corrected chi connectivity index (χ2v) is 10.0. The Kier molecular flexibility index (Phi) is 4.21. The fourth-order valence-corrected chi connectivity index (χ4v) is 6.32. The second-order valence-electron chi connectivity index (χ2n) is 9.25.